The minimum atomic E-state index is -3.82. The number of morpholine rings is 1. The second-order valence-electron chi connectivity index (χ2n) is 6.93. The average molecular weight is 459 g/mol. The zero-order valence-corrected chi connectivity index (χ0v) is 18.5. The molecule has 1 aliphatic rings. The van der Waals surface area contributed by atoms with Crippen molar-refractivity contribution in [2.24, 2.45) is 0 Å². The van der Waals surface area contributed by atoms with E-state index < -0.39 is 15.9 Å². The predicted octanol–water partition coefficient (Wildman–Crippen LogP) is 3.70. The van der Waals surface area contributed by atoms with Gasteiger partial charge in [-0.2, -0.15) is 15.6 Å². The van der Waals surface area contributed by atoms with Crippen molar-refractivity contribution in [3.63, 3.8) is 0 Å². The van der Waals surface area contributed by atoms with E-state index in [4.69, 9.17) is 9.47 Å². The van der Waals surface area contributed by atoms with Crippen LogP contribution >= 0.6 is 11.3 Å². The van der Waals surface area contributed by atoms with Crippen molar-refractivity contribution >= 4 is 33.0 Å². The lowest BCUT2D eigenvalue weighted by molar-refractivity contribution is 0.0729. The molecule has 1 aromatic heterocycles. The maximum atomic E-state index is 13.1. The number of nitrogens with zero attached hydrogens (tertiary/aromatic N) is 1. The molecular weight excluding hydrogens is 436 g/mol. The van der Waals surface area contributed by atoms with Crippen LogP contribution in [0.5, 0.6) is 5.75 Å². The number of rotatable bonds is 6. The Hall–Kier alpha value is -2.72. The molecule has 1 aliphatic heterocycles. The van der Waals surface area contributed by atoms with Gasteiger partial charge in [-0.15, -0.1) is 0 Å². The van der Waals surface area contributed by atoms with E-state index in [0.29, 0.717) is 18.9 Å². The molecule has 1 saturated heterocycles. The van der Waals surface area contributed by atoms with Gasteiger partial charge in [0.25, 0.3) is 5.91 Å². The van der Waals surface area contributed by atoms with Gasteiger partial charge in [0.1, 0.15) is 10.6 Å². The third kappa shape index (κ3) is 4.64. The number of thiophene rings is 1. The van der Waals surface area contributed by atoms with Crippen LogP contribution in [0, 0.1) is 0 Å². The number of sulfonamides is 1. The number of nitrogens with one attached hydrogen (secondary N) is 1. The Balaban J connectivity index is 1.61. The van der Waals surface area contributed by atoms with Crippen molar-refractivity contribution in [2.75, 3.05) is 38.7 Å². The monoisotopic (exact) mass is 458 g/mol. The quantitative estimate of drug-likeness (QED) is 0.609. The molecule has 0 radical (unpaired) electrons. The van der Waals surface area contributed by atoms with E-state index in [-0.39, 0.29) is 29.3 Å². The molecule has 31 heavy (non-hydrogen) atoms. The number of amides is 1. The Morgan fingerprint density at radius 1 is 1.10 bits per heavy atom. The maximum absolute atomic E-state index is 13.1. The van der Waals surface area contributed by atoms with E-state index in [1.807, 2.05) is 35.0 Å². The Morgan fingerprint density at radius 2 is 1.90 bits per heavy atom. The van der Waals surface area contributed by atoms with Gasteiger partial charge in [-0.3, -0.25) is 4.79 Å². The molecule has 1 N–H and O–H groups in total. The molecule has 9 heteroatoms. The van der Waals surface area contributed by atoms with Crippen molar-refractivity contribution in [3.8, 4) is 16.9 Å². The standard InChI is InChI=1S/C22H22N2O5S2/c1-28-20-6-5-17(14-21(20)31(26,27)24-8-10-29-11-9-24)22(25)23-19-4-2-3-16(13-19)18-7-12-30-15-18/h2-7,12-15H,8-11H2,1H3,(H,23,25). The first-order valence-corrected chi connectivity index (χ1v) is 12.1. The Morgan fingerprint density at radius 3 is 2.61 bits per heavy atom. The lowest BCUT2D eigenvalue weighted by Crippen LogP contribution is -2.40. The van der Waals surface area contributed by atoms with Gasteiger partial charge in [-0.05, 0) is 58.3 Å². The molecule has 162 valence electrons. The highest BCUT2D eigenvalue weighted by molar-refractivity contribution is 7.89. The summed E-state index contributed by atoms with van der Waals surface area (Å²) in [4.78, 5) is 12.9. The fourth-order valence-corrected chi connectivity index (χ4v) is 5.61. The Kier molecular flexibility index (Phi) is 6.38. The molecular formula is C22H22N2O5S2. The van der Waals surface area contributed by atoms with Gasteiger partial charge in [0.05, 0.1) is 20.3 Å². The third-order valence-electron chi connectivity index (χ3n) is 4.99. The average Bonchev–Trinajstić information content (AvgIpc) is 3.34. The maximum Gasteiger partial charge on any atom is 0.255 e. The van der Waals surface area contributed by atoms with Crippen molar-refractivity contribution in [3.05, 3.63) is 64.9 Å². The van der Waals surface area contributed by atoms with Crippen LogP contribution < -0.4 is 10.1 Å². The van der Waals surface area contributed by atoms with Gasteiger partial charge in [-0.1, -0.05) is 12.1 Å². The van der Waals surface area contributed by atoms with Gasteiger partial charge in [0.2, 0.25) is 10.0 Å². The zero-order valence-electron chi connectivity index (χ0n) is 16.9. The molecule has 3 aromatic rings. The van der Waals surface area contributed by atoms with E-state index in [0.717, 1.165) is 11.1 Å². The second-order valence-corrected chi connectivity index (χ2v) is 9.62. The summed E-state index contributed by atoms with van der Waals surface area (Å²) in [7, 11) is -2.41. The molecule has 2 aromatic carbocycles. The number of methoxy groups -OCH3 is 1. The minimum Gasteiger partial charge on any atom is -0.495 e. The highest BCUT2D eigenvalue weighted by Crippen LogP contribution is 2.29. The van der Waals surface area contributed by atoms with Crippen LogP contribution in [0.2, 0.25) is 0 Å². The topological polar surface area (TPSA) is 84.9 Å². The molecule has 4 rings (SSSR count). The highest BCUT2D eigenvalue weighted by Gasteiger charge is 2.30. The summed E-state index contributed by atoms with van der Waals surface area (Å²) >= 11 is 1.60. The van der Waals surface area contributed by atoms with Crippen LogP contribution in [0.1, 0.15) is 10.4 Å². The van der Waals surface area contributed by atoms with Gasteiger partial charge in [-0.25, -0.2) is 8.42 Å². The predicted molar refractivity (Wildman–Crippen MR) is 120 cm³/mol. The van der Waals surface area contributed by atoms with Gasteiger partial charge in [0.15, 0.2) is 0 Å². The summed E-state index contributed by atoms with van der Waals surface area (Å²) in [6, 6.07) is 13.9. The molecule has 0 aliphatic carbocycles. The van der Waals surface area contributed by atoms with Crippen LogP contribution in [-0.2, 0) is 14.8 Å². The smallest absolute Gasteiger partial charge is 0.255 e. The number of anilines is 1. The largest absolute Gasteiger partial charge is 0.495 e. The molecule has 0 spiro atoms. The molecule has 1 fully saturated rings. The molecule has 0 saturated carbocycles. The normalized spacial score (nSPS) is 14.9. The highest BCUT2D eigenvalue weighted by atomic mass is 32.2. The van der Waals surface area contributed by atoms with E-state index in [1.54, 1.807) is 23.5 Å². The Labute approximate surface area is 185 Å². The summed E-state index contributed by atoms with van der Waals surface area (Å²) < 4.78 is 38.1. The number of benzene rings is 2. The van der Waals surface area contributed by atoms with Crippen LogP contribution in [0.3, 0.4) is 0 Å². The first kappa shape index (κ1) is 21.5. The van der Waals surface area contributed by atoms with E-state index in [9.17, 15) is 13.2 Å². The summed E-state index contributed by atoms with van der Waals surface area (Å²) in [6.45, 7) is 1.19. The first-order valence-electron chi connectivity index (χ1n) is 9.69. The molecule has 1 amide bonds. The van der Waals surface area contributed by atoms with Crippen LogP contribution in [0.15, 0.2) is 64.2 Å². The summed E-state index contributed by atoms with van der Waals surface area (Å²) in [5.74, 6) is -0.203. The number of carbonyl (C=O) groups is 1. The molecule has 0 unspecified atom stereocenters. The van der Waals surface area contributed by atoms with Gasteiger partial charge in [0, 0.05) is 24.3 Å². The first-order chi connectivity index (χ1) is 15.0. The van der Waals surface area contributed by atoms with Crippen molar-refractivity contribution in [1.29, 1.82) is 0 Å². The molecule has 0 atom stereocenters. The van der Waals surface area contributed by atoms with Crippen LogP contribution in [0.4, 0.5) is 5.69 Å². The van der Waals surface area contributed by atoms with Crippen LogP contribution in [0.25, 0.3) is 11.1 Å². The third-order valence-corrected chi connectivity index (χ3v) is 7.59. The van der Waals surface area contributed by atoms with Gasteiger partial charge < -0.3 is 14.8 Å². The van der Waals surface area contributed by atoms with Crippen molar-refractivity contribution < 1.29 is 22.7 Å². The summed E-state index contributed by atoms with van der Waals surface area (Å²) in [6.07, 6.45) is 0. The van der Waals surface area contributed by atoms with Crippen molar-refractivity contribution in [1.82, 2.24) is 4.31 Å². The van der Waals surface area contributed by atoms with Crippen LogP contribution in [-0.4, -0.2) is 52.0 Å². The van der Waals surface area contributed by atoms with E-state index >= 15 is 0 Å². The number of hydrogen-bond donors (Lipinski definition) is 1. The fraction of sp³-hybridized carbons (Fsp3) is 0.227. The fourth-order valence-electron chi connectivity index (χ4n) is 3.35. The zero-order chi connectivity index (χ0) is 21.8. The van der Waals surface area contributed by atoms with E-state index in [1.165, 1.54) is 23.5 Å². The Bertz CT molecular complexity index is 1170. The number of ether oxygens (including phenoxy) is 2. The molecule has 0 bridgehead atoms. The van der Waals surface area contributed by atoms with E-state index in [2.05, 4.69) is 5.32 Å². The number of carbonyl (C=O) groups excluding carboxylic acids is 1. The van der Waals surface area contributed by atoms with Crippen molar-refractivity contribution in [2.45, 2.75) is 4.90 Å². The lowest BCUT2D eigenvalue weighted by atomic mass is 10.1. The number of hydrogen-bond acceptors (Lipinski definition) is 6. The summed E-state index contributed by atoms with van der Waals surface area (Å²) in [5.41, 5.74) is 2.92. The minimum absolute atomic E-state index is 0.0310. The summed E-state index contributed by atoms with van der Waals surface area (Å²) in [5, 5.41) is 6.88. The van der Waals surface area contributed by atoms with Gasteiger partial charge >= 0.3 is 0 Å². The molecule has 2 heterocycles. The second kappa shape index (κ2) is 9.19. The molecule has 7 nitrogen and oxygen atoms in total. The lowest BCUT2D eigenvalue weighted by Gasteiger charge is -2.26. The SMILES string of the molecule is COc1ccc(C(=O)Nc2cccc(-c3ccsc3)c2)cc1S(=O)(=O)N1CCOCC1.